The van der Waals surface area contributed by atoms with Crippen molar-refractivity contribution in [2.75, 3.05) is 53.2 Å². The lowest BCUT2D eigenvalue weighted by atomic mass is 10.2. The molecule has 0 spiro atoms. The normalized spacial score (nSPS) is 20.7. The van der Waals surface area contributed by atoms with E-state index in [0.717, 1.165) is 6.54 Å². The first-order valence-electron chi connectivity index (χ1n) is 5.50. The summed E-state index contributed by atoms with van der Waals surface area (Å²) in [7, 11) is 1.62. The van der Waals surface area contributed by atoms with Crippen LogP contribution in [0.25, 0.3) is 0 Å². The van der Waals surface area contributed by atoms with Crippen molar-refractivity contribution in [2.45, 2.75) is 6.04 Å². The second-order valence-electron chi connectivity index (χ2n) is 3.48. The van der Waals surface area contributed by atoms with E-state index in [2.05, 4.69) is 10.6 Å². The fourth-order valence-electron chi connectivity index (χ4n) is 1.35. The number of hydrogen-bond acceptors (Lipinski definition) is 5. The van der Waals surface area contributed by atoms with E-state index in [-0.39, 0.29) is 11.9 Å². The van der Waals surface area contributed by atoms with Gasteiger partial charge in [0.2, 0.25) is 5.91 Å². The number of methoxy groups -OCH3 is 1. The van der Waals surface area contributed by atoms with Gasteiger partial charge in [0.25, 0.3) is 0 Å². The van der Waals surface area contributed by atoms with Crippen molar-refractivity contribution in [3.8, 4) is 0 Å². The highest BCUT2D eigenvalue weighted by atomic mass is 16.5. The lowest BCUT2D eigenvalue weighted by Crippen LogP contribution is -2.51. The molecule has 0 aromatic rings. The molecule has 1 rings (SSSR count). The zero-order valence-electron chi connectivity index (χ0n) is 9.66. The molecule has 1 heterocycles. The van der Waals surface area contributed by atoms with Crippen molar-refractivity contribution in [1.29, 1.82) is 0 Å². The number of rotatable bonds is 7. The van der Waals surface area contributed by atoms with Crippen LogP contribution in [0.5, 0.6) is 0 Å². The molecule has 2 N–H and O–H groups in total. The van der Waals surface area contributed by atoms with Crippen molar-refractivity contribution < 1.29 is 19.0 Å². The molecule has 1 fully saturated rings. The zero-order chi connectivity index (χ0) is 11.6. The van der Waals surface area contributed by atoms with Crippen LogP contribution >= 0.6 is 0 Å². The lowest BCUT2D eigenvalue weighted by molar-refractivity contribution is -0.126. The van der Waals surface area contributed by atoms with Crippen LogP contribution in [0, 0.1) is 0 Å². The monoisotopic (exact) mass is 232 g/mol. The van der Waals surface area contributed by atoms with E-state index < -0.39 is 0 Å². The van der Waals surface area contributed by atoms with Gasteiger partial charge < -0.3 is 24.8 Å². The molecule has 1 atom stereocenters. The summed E-state index contributed by atoms with van der Waals surface area (Å²) in [6.45, 7) is 3.98. The minimum atomic E-state index is -0.229. The zero-order valence-corrected chi connectivity index (χ0v) is 9.66. The molecule has 0 radical (unpaired) electrons. The summed E-state index contributed by atoms with van der Waals surface area (Å²) >= 11 is 0. The second-order valence-corrected chi connectivity index (χ2v) is 3.48. The molecule has 16 heavy (non-hydrogen) atoms. The molecular formula is C10H20N2O4. The van der Waals surface area contributed by atoms with Crippen LogP contribution < -0.4 is 10.6 Å². The molecule has 1 unspecified atom stereocenters. The van der Waals surface area contributed by atoms with Gasteiger partial charge in [-0.2, -0.15) is 0 Å². The predicted octanol–water partition coefficient (Wildman–Crippen LogP) is -1.25. The molecule has 1 aliphatic heterocycles. The first kappa shape index (κ1) is 13.4. The highest BCUT2D eigenvalue weighted by Crippen LogP contribution is 1.92. The van der Waals surface area contributed by atoms with Crippen LogP contribution in [-0.4, -0.2) is 65.2 Å². The van der Waals surface area contributed by atoms with Gasteiger partial charge in [0.05, 0.1) is 33.0 Å². The maximum atomic E-state index is 11.6. The number of carbonyl (C=O) groups is 1. The van der Waals surface area contributed by atoms with Gasteiger partial charge in [-0.25, -0.2) is 0 Å². The van der Waals surface area contributed by atoms with Gasteiger partial charge >= 0.3 is 0 Å². The van der Waals surface area contributed by atoms with Crippen molar-refractivity contribution in [3.63, 3.8) is 0 Å². The Morgan fingerprint density at radius 1 is 1.50 bits per heavy atom. The lowest BCUT2D eigenvalue weighted by Gasteiger charge is -2.22. The molecule has 6 nitrogen and oxygen atoms in total. The van der Waals surface area contributed by atoms with Crippen LogP contribution in [0.3, 0.4) is 0 Å². The van der Waals surface area contributed by atoms with Gasteiger partial charge in [0, 0.05) is 20.2 Å². The third kappa shape index (κ3) is 5.41. The SMILES string of the molecule is COCCOCCNC(=O)C1COCCN1. The van der Waals surface area contributed by atoms with Gasteiger partial charge in [-0.3, -0.25) is 4.79 Å². The number of amides is 1. The van der Waals surface area contributed by atoms with E-state index in [4.69, 9.17) is 14.2 Å². The first-order valence-corrected chi connectivity index (χ1v) is 5.50. The van der Waals surface area contributed by atoms with Crippen molar-refractivity contribution in [3.05, 3.63) is 0 Å². The van der Waals surface area contributed by atoms with Crippen molar-refractivity contribution >= 4 is 5.91 Å². The summed E-state index contributed by atoms with van der Waals surface area (Å²) in [6.07, 6.45) is 0. The molecule has 94 valence electrons. The van der Waals surface area contributed by atoms with Crippen molar-refractivity contribution in [1.82, 2.24) is 10.6 Å². The second kappa shape index (κ2) is 8.46. The maximum absolute atomic E-state index is 11.6. The van der Waals surface area contributed by atoms with Crippen LogP contribution in [-0.2, 0) is 19.0 Å². The van der Waals surface area contributed by atoms with Gasteiger partial charge in [-0.05, 0) is 0 Å². The summed E-state index contributed by atoms with van der Waals surface area (Å²) in [4.78, 5) is 11.6. The van der Waals surface area contributed by atoms with Crippen LogP contribution in [0.1, 0.15) is 0 Å². The molecule has 1 saturated heterocycles. The van der Waals surface area contributed by atoms with Gasteiger partial charge in [0.15, 0.2) is 0 Å². The Hall–Kier alpha value is -0.690. The summed E-state index contributed by atoms with van der Waals surface area (Å²) in [6, 6.07) is -0.229. The largest absolute Gasteiger partial charge is 0.382 e. The number of ether oxygens (including phenoxy) is 3. The van der Waals surface area contributed by atoms with E-state index in [9.17, 15) is 4.79 Å². The van der Waals surface area contributed by atoms with Crippen molar-refractivity contribution in [2.24, 2.45) is 0 Å². The quantitative estimate of drug-likeness (QED) is 0.537. The Kier molecular flexibility index (Phi) is 7.07. The Bertz CT molecular complexity index is 195. The van der Waals surface area contributed by atoms with E-state index in [1.807, 2.05) is 0 Å². The van der Waals surface area contributed by atoms with E-state index in [0.29, 0.717) is 39.6 Å². The van der Waals surface area contributed by atoms with Crippen LogP contribution in [0.15, 0.2) is 0 Å². The Morgan fingerprint density at radius 2 is 2.38 bits per heavy atom. The number of morpholine rings is 1. The number of hydrogen-bond donors (Lipinski definition) is 2. The highest BCUT2D eigenvalue weighted by molar-refractivity contribution is 5.81. The molecule has 0 saturated carbocycles. The van der Waals surface area contributed by atoms with E-state index in [1.165, 1.54) is 0 Å². The molecule has 0 aliphatic carbocycles. The Balaban J connectivity index is 1.97. The molecule has 0 aromatic heterocycles. The Labute approximate surface area is 95.6 Å². The minimum Gasteiger partial charge on any atom is -0.382 e. The van der Waals surface area contributed by atoms with Gasteiger partial charge in [-0.1, -0.05) is 0 Å². The summed E-state index contributed by atoms with van der Waals surface area (Å²) in [5.74, 6) is -0.0324. The summed E-state index contributed by atoms with van der Waals surface area (Å²) < 4.78 is 15.2. The smallest absolute Gasteiger partial charge is 0.239 e. The molecule has 6 heteroatoms. The fraction of sp³-hybridized carbons (Fsp3) is 0.900. The van der Waals surface area contributed by atoms with Gasteiger partial charge in [-0.15, -0.1) is 0 Å². The highest BCUT2D eigenvalue weighted by Gasteiger charge is 2.20. The molecule has 0 bridgehead atoms. The third-order valence-corrected chi connectivity index (χ3v) is 2.22. The average Bonchev–Trinajstić information content (AvgIpc) is 2.34. The molecule has 0 aromatic carbocycles. The Morgan fingerprint density at radius 3 is 3.06 bits per heavy atom. The van der Waals surface area contributed by atoms with Crippen LogP contribution in [0.4, 0.5) is 0 Å². The maximum Gasteiger partial charge on any atom is 0.239 e. The molecule has 1 amide bonds. The summed E-state index contributed by atoms with van der Waals surface area (Å²) in [5.41, 5.74) is 0. The molecule has 1 aliphatic rings. The minimum absolute atomic E-state index is 0.0324. The topological polar surface area (TPSA) is 68.8 Å². The van der Waals surface area contributed by atoms with E-state index in [1.54, 1.807) is 7.11 Å². The van der Waals surface area contributed by atoms with E-state index >= 15 is 0 Å². The molecular weight excluding hydrogens is 212 g/mol. The standard InChI is InChI=1S/C10H20N2O4/c1-14-6-7-15-4-3-12-10(13)9-8-16-5-2-11-9/h9,11H,2-8H2,1H3,(H,12,13). The first-order chi connectivity index (χ1) is 7.84. The summed E-state index contributed by atoms with van der Waals surface area (Å²) in [5, 5.41) is 5.86. The third-order valence-electron chi connectivity index (χ3n) is 2.22. The van der Waals surface area contributed by atoms with Crippen LogP contribution in [0.2, 0.25) is 0 Å². The number of carbonyl (C=O) groups excluding carboxylic acids is 1. The van der Waals surface area contributed by atoms with Gasteiger partial charge in [0.1, 0.15) is 6.04 Å². The fourth-order valence-corrected chi connectivity index (χ4v) is 1.35. The average molecular weight is 232 g/mol. The number of nitrogens with one attached hydrogen (secondary N) is 2. The predicted molar refractivity (Wildman–Crippen MR) is 58.3 cm³/mol.